The first kappa shape index (κ1) is 21.7. The minimum Gasteiger partial charge on any atom is -0.497 e. The third-order valence-corrected chi connectivity index (χ3v) is 5.79. The Morgan fingerprint density at radius 3 is 2.14 bits per heavy atom. The van der Waals surface area contributed by atoms with E-state index in [-0.39, 0.29) is 16.6 Å². The molecule has 0 aliphatic rings. The molecule has 1 atom stereocenters. The molecule has 0 radical (unpaired) electrons. The van der Waals surface area contributed by atoms with Crippen molar-refractivity contribution >= 4 is 21.6 Å². The van der Waals surface area contributed by atoms with E-state index < -0.39 is 22.0 Å². The van der Waals surface area contributed by atoms with Gasteiger partial charge in [-0.3, -0.25) is 4.79 Å². The second-order valence-corrected chi connectivity index (χ2v) is 8.31. The minimum absolute atomic E-state index is 0.00491. The molecule has 0 heterocycles. The van der Waals surface area contributed by atoms with E-state index in [1.54, 1.807) is 43.5 Å². The van der Waals surface area contributed by atoms with E-state index in [1.165, 1.54) is 14.0 Å². The lowest BCUT2D eigenvalue weighted by Crippen LogP contribution is -2.41. The van der Waals surface area contributed by atoms with Gasteiger partial charge in [0.1, 0.15) is 16.4 Å². The van der Waals surface area contributed by atoms with Gasteiger partial charge in [-0.1, -0.05) is 19.9 Å². The van der Waals surface area contributed by atoms with Gasteiger partial charge in [-0.05, 0) is 54.8 Å². The van der Waals surface area contributed by atoms with E-state index in [1.807, 2.05) is 19.9 Å². The first-order chi connectivity index (χ1) is 13.2. The smallest absolute Gasteiger partial charge is 0.244 e. The van der Waals surface area contributed by atoms with Crippen molar-refractivity contribution in [3.63, 3.8) is 0 Å². The van der Waals surface area contributed by atoms with Gasteiger partial charge in [0.15, 0.2) is 0 Å². The summed E-state index contributed by atoms with van der Waals surface area (Å²) in [5, 5.41) is 2.67. The quantitative estimate of drug-likeness (QED) is 0.702. The van der Waals surface area contributed by atoms with E-state index in [2.05, 4.69) is 10.0 Å². The van der Waals surface area contributed by atoms with Crippen LogP contribution in [0.2, 0.25) is 0 Å². The number of sulfonamides is 1. The highest BCUT2D eigenvalue weighted by Crippen LogP contribution is 2.28. The molecule has 8 heteroatoms. The van der Waals surface area contributed by atoms with Crippen LogP contribution in [0, 0.1) is 0 Å². The summed E-state index contributed by atoms with van der Waals surface area (Å²) >= 11 is 0. The highest BCUT2D eigenvalue weighted by molar-refractivity contribution is 7.89. The van der Waals surface area contributed by atoms with Gasteiger partial charge in [-0.25, -0.2) is 8.42 Å². The van der Waals surface area contributed by atoms with Gasteiger partial charge in [0.25, 0.3) is 0 Å². The summed E-state index contributed by atoms with van der Waals surface area (Å²) in [4.78, 5) is 12.4. The van der Waals surface area contributed by atoms with E-state index in [0.29, 0.717) is 11.4 Å². The van der Waals surface area contributed by atoms with Gasteiger partial charge in [-0.2, -0.15) is 4.72 Å². The number of hydrogen-bond donors (Lipinski definition) is 2. The fraction of sp³-hybridized carbons (Fsp3) is 0.350. The zero-order valence-electron chi connectivity index (χ0n) is 16.6. The lowest BCUT2D eigenvalue weighted by atomic mass is 10.0. The average molecular weight is 407 g/mol. The fourth-order valence-electron chi connectivity index (χ4n) is 2.54. The normalized spacial score (nSPS) is 12.5. The first-order valence-corrected chi connectivity index (χ1v) is 10.3. The number of ether oxygens (including phenoxy) is 2. The molecule has 7 nitrogen and oxygen atoms in total. The van der Waals surface area contributed by atoms with Crippen LogP contribution in [0.15, 0.2) is 47.4 Å². The van der Waals surface area contributed by atoms with Crippen molar-refractivity contribution in [2.24, 2.45) is 0 Å². The third-order valence-electron chi connectivity index (χ3n) is 4.23. The van der Waals surface area contributed by atoms with E-state index >= 15 is 0 Å². The highest BCUT2D eigenvalue weighted by atomic mass is 32.2. The lowest BCUT2D eigenvalue weighted by Gasteiger charge is -2.17. The molecule has 1 unspecified atom stereocenters. The van der Waals surface area contributed by atoms with Crippen molar-refractivity contribution < 1.29 is 22.7 Å². The van der Waals surface area contributed by atoms with Gasteiger partial charge in [0, 0.05) is 5.69 Å². The Hall–Kier alpha value is -2.58. The van der Waals surface area contributed by atoms with Crippen LogP contribution in [0.1, 0.15) is 32.3 Å². The Morgan fingerprint density at radius 1 is 0.964 bits per heavy atom. The molecule has 28 heavy (non-hydrogen) atoms. The van der Waals surface area contributed by atoms with Gasteiger partial charge < -0.3 is 14.8 Å². The van der Waals surface area contributed by atoms with Crippen LogP contribution in [0.5, 0.6) is 11.5 Å². The van der Waals surface area contributed by atoms with E-state index in [4.69, 9.17) is 9.47 Å². The summed E-state index contributed by atoms with van der Waals surface area (Å²) in [6.45, 7) is 5.42. The fourth-order valence-corrected chi connectivity index (χ4v) is 3.94. The van der Waals surface area contributed by atoms with Gasteiger partial charge in [0.2, 0.25) is 15.9 Å². The molecule has 0 aromatic heterocycles. The number of nitrogens with one attached hydrogen (secondary N) is 2. The van der Waals surface area contributed by atoms with Crippen molar-refractivity contribution in [1.82, 2.24) is 4.72 Å². The molecule has 0 bridgehead atoms. The summed E-state index contributed by atoms with van der Waals surface area (Å²) in [6.07, 6.45) is 0. The van der Waals surface area contributed by atoms with Crippen LogP contribution >= 0.6 is 0 Å². The molecule has 0 fully saturated rings. The summed E-state index contributed by atoms with van der Waals surface area (Å²) in [5.41, 5.74) is 1.40. The number of hydrogen-bond acceptors (Lipinski definition) is 5. The first-order valence-electron chi connectivity index (χ1n) is 8.83. The maximum Gasteiger partial charge on any atom is 0.244 e. The van der Waals surface area contributed by atoms with Crippen molar-refractivity contribution in [2.45, 2.75) is 37.6 Å². The zero-order chi connectivity index (χ0) is 20.9. The molecule has 0 aliphatic carbocycles. The number of methoxy groups -OCH3 is 2. The molecular weight excluding hydrogens is 380 g/mol. The number of benzene rings is 2. The molecule has 1 amide bonds. The summed E-state index contributed by atoms with van der Waals surface area (Å²) < 4.78 is 38.4. The topological polar surface area (TPSA) is 93.7 Å². The highest BCUT2D eigenvalue weighted by Gasteiger charge is 2.25. The Kier molecular flexibility index (Phi) is 7.04. The van der Waals surface area contributed by atoms with Crippen LogP contribution in [-0.2, 0) is 14.8 Å². The minimum atomic E-state index is -3.96. The molecule has 0 spiro atoms. The number of rotatable bonds is 8. The molecule has 0 aliphatic heterocycles. The van der Waals surface area contributed by atoms with Crippen LogP contribution in [0.4, 0.5) is 5.69 Å². The summed E-state index contributed by atoms with van der Waals surface area (Å²) in [5.74, 6) is 0.548. The SMILES string of the molecule is COc1ccc(NC(=O)C(C)NS(=O)(=O)c2cc(C(C)C)ccc2OC)cc1. The second kappa shape index (κ2) is 9.07. The Bertz CT molecular complexity index is 924. The maximum atomic E-state index is 12.8. The average Bonchev–Trinajstić information content (AvgIpc) is 2.67. The third kappa shape index (κ3) is 5.24. The predicted octanol–water partition coefficient (Wildman–Crippen LogP) is 3.13. The number of anilines is 1. The Labute approximate surface area is 166 Å². The number of amides is 1. The Balaban J connectivity index is 2.18. The predicted molar refractivity (Wildman–Crippen MR) is 108 cm³/mol. The van der Waals surface area contributed by atoms with Crippen molar-refractivity contribution in [3.8, 4) is 11.5 Å². The standard InChI is InChI=1S/C20H26N2O5S/c1-13(2)15-6-11-18(27-5)19(12-15)28(24,25)22-14(3)20(23)21-16-7-9-17(26-4)10-8-16/h6-14,22H,1-5H3,(H,21,23). The monoisotopic (exact) mass is 406 g/mol. The van der Waals surface area contributed by atoms with Gasteiger partial charge >= 0.3 is 0 Å². The lowest BCUT2D eigenvalue weighted by molar-refractivity contribution is -0.117. The largest absolute Gasteiger partial charge is 0.497 e. The summed E-state index contributed by atoms with van der Waals surface area (Å²) in [7, 11) is -1.01. The number of carbonyl (C=O) groups is 1. The Morgan fingerprint density at radius 2 is 1.61 bits per heavy atom. The van der Waals surface area contributed by atoms with Crippen LogP contribution < -0.4 is 19.5 Å². The van der Waals surface area contributed by atoms with Gasteiger partial charge in [0.05, 0.1) is 20.3 Å². The number of carbonyl (C=O) groups excluding carboxylic acids is 1. The van der Waals surface area contributed by atoms with Crippen LogP contribution in [0.3, 0.4) is 0 Å². The molecule has 2 aromatic rings. The van der Waals surface area contributed by atoms with E-state index in [0.717, 1.165) is 5.56 Å². The molecule has 2 aromatic carbocycles. The molecule has 0 saturated heterocycles. The van der Waals surface area contributed by atoms with Crippen molar-refractivity contribution in [2.75, 3.05) is 19.5 Å². The molecule has 0 saturated carbocycles. The molecule has 2 rings (SSSR count). The van der Waals surface area contributed by atoms with E-state index in [9.17, 15) is 13.2 Å². The molecule has 2 N–H and O–H groups in total. The van der Waals surface area contributed by atoms with Gasteiger partial charge in [-0.15, -0.1) is 0 Å². The molecular formula is C20H26N2O5S. The summed E-state index contributed by atoms with van der Waals surface area (Å²) in [6, 6.07) is 10.8. The molecule has 152 valence electrons. The van der Waals surface area contributed by atoms with Crippen molar-refractivity contribution in [1.29, 1.82) is 0 Å². The van der Waals surface area contributed by atoms with Crippen LogP contribution in [-0.4, -0.2) is 34.6 Å². The second-order valence-electron chi connectivity index (χ2n) is 6.63. The maximum absolute atomic E-state index is 12.8. The zero-order valence-corrected chi connectivity index (χ0v) is 17.5. The van der Waals surface area contributed by atoms with Crippen LogP contribution in [0.25, 0.3) is 0 Å². The van der Waals surface area contributed by atoms with Crippen molar-refractivity contribution in [3.05, 3.63) is 48.0 Å².